The van der Waals surface area contributed by atoms with E-state index in [2.05, 4.69) is 21.2 Å². The number of esters is 1. The molecule has 0 spiro atoms. The Hall–Kier alpha value is -1.07. The standard InChI is InChI=1S/C13H18BrNO3/c1-3-11(15-8-13(17)18-4-2)10-7-9(14)5-6-12(10)16/h5-7,11,15-16H,3-4,8H2,1-2H3. The predicted octanol–water partition coefficient (Wildman–Crippen LogP) is 2.76. The van der Waals surface area contributed by atoms with Crippen LogP contribution < -0.4 is 5.32 Å². The lowest BCUT2D eigenvalue weighted by atomic mass is 10.0. The summed E-state index contributed by atoms with van der Waals surface area (Å²) in [6.07, 6.45) is 0.767. The molecule has 18 heavy (non-hydrogen) atoms. The number of benzene rings is 1. The lowest BCUT2D eigenvalue weighted by molar-refractivity contribution is -0.142. The Morgan fingerprint density at radius 1 is 1.50 bits per heavy atom. The first-order chi connectivity index (χ1) is 8.58. The van der Waals surface area contributed by atoms with E-state index in [0.717, 1.165) is 16.5 Å². The Kier molecular flexibility index (Phi) is 6.15. The summed E-state index contributed by atoms with van der Waals surface area (Å²) in [7, 11) is 0. The first-order valence-corrected chi connectivity index (χ1v) is 6.75. The molecule has 4 nitrogen and oxygen atoms in total. The number of hydrogen-bond acceptors (Lipinski definition) is 4. The van der Waals surface area contributed by atoms with Crippen LogP contribution in [0.15, 0.2) is 22.7 Å². The Balaban J connectivity index is 2.71. The molecule has 1 aromatic rings. The molecule has 0 aliphatic rings. The molecule has 0 aromatic heterocycles. The largest absolute Gasteiger partial charge is 0.508 e. The quantitative estimate of drug-likeness (QED) is 0.792. The average molecular weight is 316 g/mol. The van der Waals surface area contributed by atoms with E-state index < -0.39 is 0 Å². The number of aromatic hydroxyl groups is 1. The summed E-state index contributed by atoms with van der Waals surface area (Å²) in [5.41, 5.74) is 0.774. The molecule has 1 atom stereocenters. The van der Waals surface area contributed by atoms with E-state index in [0.29, 0.717) is 6.61 Å². The molecule has 0 bridgehead atoms. The van der Waals surface area contributed by atoms with Crippen molar-refractivity contribution in [3.63, 3.8) is 0 Å². The second-order valence-corrected chi connectivity index (χ2v) is 4.77. The van der Waals surface area contributed by atoms with Gasteiger partial charge in [-0.2, -0.15) is 0 Å². The van der Waals surface area contributed by atoms with Crippen LogP contribution >= 0.6 is 15.9 Å². The fourth-order valence-corrected chi connectivity index (χ4v) is 2.08. The smallest absolute Gasteiger partial charge is 0.319 e. The summed E-state index contributed by atoms with van der Waals surface area (Å²) in [6, 6.07) is 5.18. The van der Waals surface area contributed by atoms with Crippen LogP contribution in [-0.4, -0.2) is 24.2 Å². The average Bonchev–Trinajstić information content (AvgIpc) is 2.34. The highest BCUT2D eigenvalue weighted by atomic mass is 79.9. The Bertz CT molecular complexity index is 409. The van der Waals surface area contributed by atoms with Crippen molar-refractivity contribution in [1.29, 1.82) is 0 Å². The molecule has 100 valence electrons. The first-order valence-electron chi connectivity index (χ1n) is 5.95. The van der Waals surface area contributed by atoms with Crippen molar-refractivity contribution in [2.45, 2.75) is 26.3 Å². The van der Waals surface area contributed by atoms with Gasteiger partial charge in [0.15, 0.2) is 0 Å². The van der Waals surface area contributed by atoms with Crippen LogP contribution in [0.3, 0.4) is 0 Å². The number of carbonyl (C=O) groups excluding carboxylic acids is 1. The van der Waals surface area contributed by atoms with Crippen molar-refractivity contribution in [2.24, 2.45) is 0 Å². The van der Waals surface area contributed by atoms with Crippen molar-refractivity contribution in [1.82, 2.24) is 5.32 Å². The number of hydrogen-bond donors (Lipinski definition) is 2. The minimum absolute atomic E-state index is 0.0769. The molecular weight excluding hydrogens is 298 g/mol. The zero-order valence-corrected chi connectivity index (χ0v) is 12.2. The number of halogens is 1. The fourth-order valence-electron chi connectivity index (χ4n) is 1.70. The highest BCUT2D eigenvalue weighted by molar-refractivity contribution is 9.10. The molecule has 0 radical (unpaired) electrons. The number of phenols is 1. The summed E-state index contributed by atoms with van der Waals surface area (Å²) in [5.74, 6) is -0.0631. The third-order valence-corrected chi connectivity index (χ3v) is 3.06. The Morgan fingerprint density at radius 3 is 2.83 bits per heavy atom. The van der Waals surface area contributed by atoms with E-state index in [1.807, 2.05) is 13.0 Å². The molecule has 0 aliphatic carbocycles. The molecule has 1 unspecified atom stereocenters. The second kappa shape index (κ2) is 7.38. The third kappa shape index (κ3) is 4.31. The molecule has 1 rings (SSSR count). The Labute approximate surface area is 115 Å². The first kappa shape index (κ1) is 15.0. The van der Waals surface area contributed by atoms with E-state index in [-0.39, 0.29) is 24.3 Å². The number of carbonyl (C=O) groups is 1. The zero-order chi connectivity index (χ0) is 13.5. The van der Waals surface area contributed by atoms with E-state index in [4.69, 9.17) is 4.74 Å². The lowest BCUT2D eigenvalue weighted by Gasteiger charge is -2.18. The fraction of sp³-hybridized carbons (Fsp3) is 0.462. The van der Waals surface area contributed by atoms with Crippen LogP contribution in [0, 0.1) is 0 Å². The van der Waals surface area contributed by atoms with Crippen LogP contribution in [0.4, 0.5) is 0 Å². The van der Waals surface area contributed by atoms with Gasteiger partial charge in [0, 0.05) is 16.1 Å². The topological polar surface area (TPSA) is 58.6 Å². The number of ether oxygens (including phenoxy) is 1. The molecule has 5 heteroatoms. The SMILES string of the molecule is CCOC(=O)CNC(CC)c1cc(Br)ccc1O. The minimum atomic E-state index is -0.287. The van der Waals surface area contributed by atoms with Crippen LogP contribution in [0.25, 0.3) is 0 Å². The van der Waals surface area contributed by atoms with Gasteiger partial charge >= 0.3 is 5.97 Å². The molecule has 0 amide bonds. The Morgan fingerprint density at radius 2 is 2.22 bits per heavy atom. The molecular formula is C13H18BrNO3. The van der Waals surface area contributed by atoms with Crippen molar-refractivity contribution < 1.29 is 14.6 Å². The highest BCUT2D eigenvalue weighted by Gasteiger charge is 2.15. The van der Waals surface area contributed by atoms with E-state index >= 15 is 0 Å². The van der Waals surface area contributed by atoms with Crippen LogP contribution in [0.2, 0.25) is 0 Å². The van der Waals surface area contributed by atoms with Gasteiger partial charge in [0.05, 0.1) is 13.2 Å². The maximum absolute atomic E-state index is 11.3. The van der Waals surface area contributed by atoms with Crippen LogP contribution in [0.5, 0.6) is 5.75 Å². The predicted molar refractivity (Wildman–Crippen MR) is 73.5 cm³/mol. The maximum Gasteiger partial charge on any atom is 0.319 e. The van der Waals surface area contributed by atoms with Crippen molar-refractivity contribution in [3.8, 4) is 5.75 Å². The zero-order valence-electron chi connectivity index (χ0n) is 10.6. The molecule has 1 aromatic carbocycles. The van der Waals surface area contributed by atoms with Crippen molar-refractivity contribution >= 4 is 21.9 Å². The number of nitrogens with one attached hydrogen (secondary N) is 1. The second-order valence-electron chi connectivity index (χ2n) is 3.85. The third-order valence-electron chi connectivity index (χ3n) is 2.57. The lowest BCUT2D eigenvalue weighted by Crippen LogP contribution is -2.28. The summed E-state index contributed by atoms with van der Waals surface area (Å²) < 4.78 is 5.75. The van der Waals surface area contributed by atoms with Gasteiger partial charge in [0.1, 0.15) is 5.75 Å². The summed E-state index contributed by atoms with van der Waals surface area (Å²) >= 11 is 3.37. The molecule has 0 saturated heterocycles. The van der Waals surface area contributed by atoms with Crippen molar-refractivity contribution in [3.05, 3.63) is 28.2 Å². The monoisotopic (exact) mass is 315 g/mol. The highest BCUT2D eigenvalue weighted by Crippen LogP contribution is 2.29. The van der Waals surface area contributed by atoms with Gasteiger partial charge in [-0.15, -0.1) is 0 Å². The summed E-state index contributed by atoms with van der Waals surface area (Å²) in [5, 5.41) is 12.9. The van der Waals surface area contributed by atoms with Gasteiger partial charge in [-0.25, -0.2) is 0 Å². The van der Waals surface area contributed by atoms with E-state index in [1.54, 1.807) is 19.1 Å². The summed E-state index contributed by atoms with van der Waals surface area (Å²) in [6.45, 7) is 4.27. The molecule has 0 fully saturated rings. The molecule has 0 aliphatic heterocycles. The van der Waals surface area contributed by atoms with Crippen LogP contribution in [0.1, 0.15) is 31.9 Å². The van der Waals surface area contributed by atoms with Gasteiger partial charge < -0.3 is 9.84 Å². The van der Waals surface area contributed by atoms with Gasteiger partial charge in [-0.05, 0) is 31.5 Å². The normalized spacial score (nSPS) is 12.2. The molecule has 2 N–H and O–H groups in total. The van der Waals surface area contributed by atoms with Gasteiger partial charge in [0.2, 0.25) is 0 Å². The maximum atomic E-state index is 11.3. The van der Waals surface area contributed by atoms with Gasteiger partial charge in [0.25, 0.3) is 0 Å². The number of phenolic OH excluding ortho intramolecular Hbond substituents is 1. The molecule has 0 heterocycles. The van der Waals surface area contributed by atoms with Gasteiger partial charge in [-0.1, -0.05) is 22.9 Å². The van der Waals surface area contributed by atoms with Gasteiger partial charge in [-0.3, -0.25) is 10.1 Å². The van der Waals surface area contributed by atoms with E-state index in [1.165, 1.54) is 0 Å². The summed E-state index contributed by atoms with van der Waals surface area (Å²) in [4.78, 5) is 11.3. The number of rotatable bonds is 6. The van der Waals surface area contributed by atoms with E-state index in [9.17, 15) is 9.90 Å². The molecule has 0 saturated carbocycles. The minimum Gasteiger partial charge on any atom is -0.508 e. The van der Waals surface area contributed by atoms with Crippen LogP contribution in [-0.2, 0) is 9.53 Å². The van der Waals surface area contributed by atoms with Crippen molar-refractivity contribution in [2.75, 3.05) is 13.2 Å².